The Labute approximate surface area is 158 Å². The molecular weight excluding hydrogens is 326 g/mol. The summed E-state index contributed by atoms with van der Waals surface area (Å²) in [6, 6.07) is 8.39. The second-order valence-corrected chi connectivity index (χ2v) is 7.74. The van der Waals surface area contributed by atoms with E-state index in [1.165, 1.54) is 5.56 Å². The highest BCUT2D eigenvalue weighted by Gasteiger charge is 2.21. The van der Waals surface area contributed by atoms with Gasteiger partial charge in [-0.05, 0) is 42.9 Å². The Morgan fingerprint density at radius 3 is 2.38 bits per heavy atom. The minimum Gasteiger partial charge on any atom is -0.492 e. The molecule has 0 radical (unpaired) electrons. The molecule has 0 atom stereocenters. The van der Waals surface area contributed by atoms with Gasteiger partial charge in [0.2, 0.25) is 0 Å². The highest BCUT2D eigenvalue weighted by Crippen LogP contribution is 2.24. The van der Waals surface area contributed by atoms with Crippen LogP contribution >= 0.6 is 0 Å². The molecule has 1 aliphatic rings. The molecule has 146 valence electrons. The van der Waals surface area contributed by atoms with E-state index in [1.54, 1.807) is 0 Å². The van der Waals surface area contributed by atoms with Crippen LogP contribution in [0, 0.1) is 0 Å². The predicted molar refractivity (Wildman–Crippen MR) is 108 cm³/mol. The summed E-state index contributed by atoms with van der Waals surface area (Å²) < 4.78 is 11.6. The van der Waals surface area contributed by atoms with Crippen LogP contribution in [-0.2, 0) is 10.2 Å². The number of hydrogen-bond acceptors (Lipinski definition) is 3. The third kappa shape index (κ3) is 6.20. The van der Waals surface area contributed by atoms with E-state index in [2.05, 4.69) is 55.0 Å². The van der Waals surface area contributed by atoms with Crippen molar-refractivity contribution >= 4 is 5.96 Å². The first-order valence-corrected chi connectivity index (χ1v) is 9.74. The molecule has 2 rings (SSSR count). The molecule has 0 unspecified atom stereocenters. The quantitative estimate of drug-likeness (QED) is 0.479. The first kappa shape index (κ1) is 20.6. The van der Waals surface area contributed by atoms with Crippen LogP contribution in [-0.4, -0.2) is 56.9 Å². The van der Waals surface area contributed by atoms with E-state index in [4.69, 9.17) is 9.47 Å². The van der Waals surface area contributed by atoms with Gasteiger partial charge in [-0.3, -0.25) is 4.99 Å². The Bertz CT molecular complexity index is 556. The van der Waals surface area contributed by atoms with Gasteiger partial charge in [0.1, 0.15) is 12.4 Å². The molecule has 0 bridgehead atoms. The van der Waals surface area contributed by atoms with E-state index in [0.29, 0.717) is 12.7 Å². The maximum absolute atomic E-state index is 5.85. The van der Waals surface area contributed by atoms with Crippen molar-refractivity contribution in [2.24, 2.45) is 4.99 Å². The summed E-state index contributed by atoms with van der Waals surface area (Å²) in [7, 11) is 1.84. The third-order valence-electron chi connectivity index (χ3n) is 4.73. The van der Waals surface area contributed by atoms with E-state index in [9.17, 15) is 0 Å². The molecule has 1 saturated heterocycles. The van der Waals surface area contributed by atoms with Gasteiger partial charge in [0.15, 0.2) is 5.96 Å². The smallest absolute Gasteiger partial charge is 0.193 e. The second-order valence-electron chi connectivity index (χ2n) is 7.74. The molecule has 5 heteroatoms. The van der Waals surface area contributed by atoms with Crippen molar-refractivity contribution in [1.82, 2.24) is 10.2 Å². The van der Waals surface area contributed by atoms with Gasteiger partial charge >= 0.3 is 0 Å². The van der Waals surface area contributed by atoms with Gasteiger partial charge in [0, 0.05) is 26.7 Å². The molecule has 1 aromatic carbocycles. The normalized spacial score (nSPS) is 16.7. The largest absolute Gasteiger partial charge is 0.492 e. The number of benzene rings is 1. The van der Waals surface area contributed by atoms with Crippen molar-refractivity contribution in [1.29, 1.82) is 0 Å². The first-order chi connectivity index (χ1) is 12.4. The predicted octanol–water partition coefficient (Wildman–Crippen LogP) is 3.44. The monoisotopic (exact) mass is 361 g/mol. The fourth-order valence-corrected chi connectivity index (χ4v) is 3.19. The van der Waals surface area contributed by atoms with Crippen LogP contribution < -0.4 is 10.1 Å². The van der Waals surface area contributed by atoms with Crippen molar-refractivity contribution in [2.75, 3.05) is 39.9 Å². The Balaban J connectivity index is 1.71. The van der Waals surface area contributed by atoms with Crippen LogP contribution in [0.3, 0.4) is 0 Å². The van der Waals surface area contributed by atoms with E-state index in [0.717, 1.165) is 50.8 Å². The molecule has 0 aliphatic carbocycles. The highest BCUT2D eigenvalue weighted by atomic mass is 16.5. The van der Waals surface area contributed by atoms with Crippen LogP contribution in [0.2, 0.25) is 0 Å². The van der Waals surface area contributed by atoms with Crippen molar-refractivity contribution in [3.8, 4) is 5.75 Å². The van der Waals surface area contributed by atoms with Crippen molar-refractivity contribution < 1.29 is 9.47 Å². The minimum absolute atomic E-state index is 0.169. The van der Waals surface area contributed by atoms with Crippen LogP contribution in [0.5, 0.6) is 5.75 Å². The first-order valence-electron chi connectivity index (χ1n) is 9.74. The van der Waals surface area contributed by atoms with Crippen molar-refractivity contribution in [3.05, 3.63) is 29.8 Å². The minimum atomic E-state index is 0.169. The summed E-state index contributed by atoms with van der Waals surface area (Å²) in [5.74, 6) is 1.86. The third-order valence-corrected chi connectivity index (χ3v) is 4.73. The van der Waals surface area contributed by atoms with Crippen LogP contribution in [0.1, 0.15) is 46.1 Å². The van der Waals surface area contributed by atoms with Crippen molar-refractivity contribution in [2.45, 2.75) is 52.1 Å². The molecule has 26 heavy (non-hydrogen) atoms. The van der Waals surface area contributed by atoms with Crippen LogP contribution in [0.25, 0.3) is 0 Å². The number of piperidine rings is 1. The number of hydrogen-bond donors (Lipinski definition) is 1. The number of rotatable bonds is 6. The van der Waals surface area contributed by atoms with Crippen LogP contribution in [0.15, 0.2) is 29.3 Å². The number of guanidine groups is 1. The molecular formula is C21H35N3O2. The fraction of sp³-hybridized carbons (Fsp3) is 0.667. The molecule has 0 spiro atoms. The SMILES string of the molecule is CCOC1CCN(C(=NC)NCCOc2ccc(C(C)(C)C)cc2)CC1. The summed E-state index contributed by atoms with van der Waals surface area (Å²) >= 11 is 0. The van der Waals surface area contributed by atoms with E-state index in [-0.39, 0.29) is 5.41 Å². The average molecular weight is 362 g/mol. The number of nitrogens with zero attached hydrogens (tertiary/aromatic N) is 2. The maximum Gasteiger partial charge on any atom is 0.193 e. The maximum atomic E-state index is 5.85. The summed E-state index contributed by atoms with van der Waals surface area (Å²) in [6.07, 6.45) is 2.52. The Kier molecular flexibility index (Phi) is 7.76. The Hall–Kier alpha value is -1.75. The van der Waals surface area contributed by atoms with Gasteiger partial charge in [-0.1, -0.05) is 32.9 Å². The van der Waals surface area contributed by atoms with E-state index >= 15 is 0 Å². The summed E-state index contributed by atoms with van der Waals surface area (Å²) in [5.41, 5.74) is 1.49. The molecule has 0 aromatic heterocycles. The van der Waals surface area contributed by atoms with Gasteiger partial charge in [-0.2, -0.15) is 0 Å². The summed E-state index contributed by atoms with van der Waals surface area (Å²) in [5, 5.41) is 3.40. The standard InChI is InChI=1S/C21H35N3O2/c1-6-25-19-11-14-24(15-12-19)20(22-5)23-13-16-26-18-9-7-17(8-10-18)21(2,3)4/h7-10,19H,6,11-16H2,1-5H3,(H,22,23). The topological polar surface area (TPSA) is 46.1 Å². The molecule has 1 fully saturated rings. The van der Waals surface area contributed by atoms with E-state index in [1.807, 2.05) is 19.2 Å². The Morgan fingerprint density at radius 1 is 1.19 bits per heavy atom. The summed E-state index contributed by atoms with van der Waals surface area (Å²) in [6.45, 7) is 12.8. The van der Waals surface area contributed by atoms with Gasteiger partial charge in [0.05, 0.1) is 12.6 Å². The fourth-order valence-electron chi connectivity index (χ4n) is 3.19. The Morgan fingerprint density at radius 2 is 1.85 bits per heavy atom. The number of likely N-dealkylation sites (tertiary alicyclic amines) is 1. The molecule has 1 heterocycles. The molecule has 0 amide bonds. The van der Waals surface area contributed by atoms with E-state index < -0.39 is 0 Å². The zero-order chi connectivity index (χ0) is 19.0. The average Bonchev–Trinajstić information content (AvgIpc) is 2.63. The lowest BCUT2D eigenvalue weighted by Crippen LogP contribution is -2.47. The van der Waals surface area contributed by atoms with Crippen LogP contribution in [0.4, 0.5) is 0 Å². The zero-order valence-electron chi connectivity index (χ0n) is 17.0. The number of ether oxygens (including phenoxy) is 2. The molecule has 1 aliphatic heterocycles. The molecule has 1 N–H and O–H groups in total. The highest BCUT2D eigenvalue weighted by molar-refractivity contribution is 5.79. The zero-order valence-corrected chi connectivity index (χ0v) is 17.0. The van der Waals surface area contributed by atoms with Gasteiger partial charge < -0.3 is 19.7 Å². The molecule has 5 nitrogen and oxygen atoms in total. The molecule has 0 saturated carbocycles. The number of nitrogens with one attached hydrogen (secondary N) is 1. The number of aliphatic imine (C=N–C) groups is 1. The molecule has 1 aromatic rings. The lowest BCUT2D eigenvalue weighted by molar-refractivity contribution is 0.0263. The van der Waals surface area contributed by atoms with Crippen molar-refractivity contribution in [3.63, 3.8) is 0 Å². The summed E-state index contributed by atoms with van der Waals surface area (Å²) in [4.78, 5) is 6.70. The second kappa shape index (κ2) is 9.81. The van der Waals surface area contributed by atoms with Gasteiger partial charge in [0.25, 0.3) is 0 Å². The van der Waals surface area contributed by atoms with Gasteiger partial charge in [-0.25, -0.2) is 0 Å². The lowest BCUT2D eigenvalue weighted by atomic mass is 9.87. The lowest BCUT2D eigenvalue weighted by Gasteiger charge is -2.34. The van der Waals surface area contributed by atoms with Gasteiger partial charge in [-0.15, -0.1) is 0 Å².